The van der Waals surface area contributed by atoms with Gasteiger partial charge in [0.25, 0.3) is 0 Å². The zero-order valence-electron chi connectivity index (χ0n) is 14.9. The molecule has 0 aliphatic heterocycles. The van der Waals surface area contributed by atoms with E-state index in [0.29, 0.717) is 21.6 Å². The zero-order valence-corrected chi connectivity index (χ0v) is 17.4. The van der Waals surface area contributed by atoms with Gasteiger partial charge in [-0.2, -0.15) is 0 Å². The number of aromatic nitrogens is 2. The van der Waals surface area contributed by atoms with Crippen molar-refractivity contribution in [3.8, 4) is 0 Å². The van der Waals surface area contributed by atoms with Crippen LogP contribution in [0.5, 0.6) is 0 Å². The fraction of sp³-hybridized carbons (Fsp3) is 0.562. The van der Waals surface area contributed by atoms with E-state index in [1.54, 1.807) is 0 Å². The summed E-state index contributed by atoms with van der Waals surface area (Å²) in [6.07, 6.45) is 2.08. The molecule has 24 heavy (non-hydrogen) atoms. The van der Waals surface area contributed by atoms with Crippen LogP contribution in [0.15, 0.2) is 17.4 Å². The van der Waals surface area contributed by atoms with Crippen LogP contribution in [0.3, 0.4) is 0 Å². The Balaban J connectivity index is 2.89. The normalized spacial score (nSPS) is 12.5. The number of rotatable bonds is 5. The minimum Gasteiger partial charge on any atom is -0.358 e. The van der Waals surface area contributed by atoms with Gasteiger partial charge in [0.1, 0.15) is 10.8 Å². The van der Waals surface area contributed by atoms with Crippen molar-refractivity contribution in [3.63, 3.8) is 0 Å². The predicted octanol–water partition coefficient (Wildman–Crippen LogP) is 7.31. The van der Waals surface area contributed by atoms with Crippen LogP contribution in [0.2, 0.25) is 26.8 Å². The maximum atomic E-state index is 8.71. The predicted molar refractivity (Wildman–Crippen MR) is 105 cm³/mol. The van der Waals surface area contributed by atoms with Gasteiger partial charge >= 0.3 is 0 Å². The smallest absolute Gasteiger partial charge is 0.171 e. The van der Waals surface area contributed by atoms with E-state index in [0.717, 1.165) is 11.0 Å². The number of nitrogens with zero attached hydrogens (tertiary/aromatic N) is 5. The molecule has 0 saturated heterocycles. The fourth-order valence-corrected chi connectivity index (χ4v) is 11.4. The molecule has 0 spiro atoms. The first-order valence-electron chi connectivity index (χ1n) is 8.11. The van der Waals surface area contributed by atoms with E-state index in [1.165, 1.54) is 0 Å². The summed E-state index contributed by atoms with van der Waals surface area (Å²) in [6, 6.07) is 1.95. The molecule has 2 rings (SSSR count). The van der Waals surface area contributed by atoms with E-state index < -0.39 is 8.24 Å². The van der Waals surface area contributed by atoms with Crippen molar-refractivity contribution in [1.29, 1.82) is 0 Å². The van der Waals surface area contributed by atoms with Gasteiger partial charge in [-0.15, -0.1) is 0 Å². The van der Waals surface area contributed by atoms with E-state index in [4.69, 9.17) is 28.7 Å². The molecule has 0 N–H and O–H groups in total. The van der Waals surface area contributed by atoms with E-state index >= 15 is 0 Å². The fourth-order valence-electron chi connectivity index (χ4n) is 4.35. The lowest BCUT2D eigenvalue weighted by molar-refractivity contribution is 0.770. The second-order valence-corrected chi connectivity index (χ2v) is 13.5. The summed E-state index contributed by atoms with van der Waals surface area (Å²) in [4.78, 5) is 7.33. The average molecular weight is 384 g/mol. The first-order chi connectivity index (χ1) is 11.2. The van der Waals surface area contributed by atoms with Gasteiger partial charge in [-0.1, -0.05) is 69.9 Å². The van der Waals surface area contributed by atoms with Gasteiger partial charge in [-0.3, -0.25) is 0 Å². The summed E-state index contributed by atoms with van der Waals surface area (Å²) in [5, 5.41) is 4.87. The van der Waals surface area contributed by atoms with E-state index in [-0.39, 0.29) is 10.8 Å². The SMILES string of the molecule is CC(C)[Si](C(C)C)(C(C)C)n1ccc2c(Cl)c(N=[N+]=[N-])c(Cl)nc21. The van der Waals surface area contributed by atoms with Gasteiger partial charge in [0.15, 0.2) is 8.24 Å². The molecule has 5 nitrogen and oxygen atoms in total. The highest BCUT2D eigenvalue weighted by Crippen LogP contribution is 2.46. The highest BCUT2D eigenvalue weighted by molar-refractivity contribution is 6.82. The molecule has 0 saturated carbocycles. The van der Waals surface area contributed by atoms with Crippen molar-refractivity contribution in [3.05, 3.63) is 32.9 Å². The van der Waals surface area contributed by atoms with E-state index in [9.17, 15) is 0 Å². The summed E-state index contributed by atoms with van der Waals surface area (Å²) < 4.78 is 2.33. The molecule has 0 radical (unpaired) electrons. The second-order valence-electron chi connectivity index (χ2n) is 7.03. The Morgan fingerprint density at radius 3 is 2.12 bits per heavy atom. The molecule has 8 heteroatoms. The number of hydrogen-bond acceptors (Lipinski definition) is 2. The lowest BCUT2D eigenvalue weighted by atomic mass is 10.3. The summed E-state index contributed by atoms with van der Waals surface area (Å²) >= 11 is 12.7. The van der Waals surface area contributed by atoms with E-state index in [2.05, 4.69) is 67.0 Å². The second kappa shape index (κ2) is 6.96. The van der Waals surface area contributed by atoms with Gasteiger partial charge < -0.3 is 4.23 Å². The summed E-state index contributed by atoms with van der Waals surface area (Å²) in [7, 11) is -1.96. The van der Waals surface area contributed by atoms with Crippen LogP contribution in [0.4, 0.5) is 5.69 Å². The maximum Gasteiger partial charge on any atom is 0.171 e. The van der Waals surface area contributed by atoms with Crippen molar-refractivity contribution in [2.45, 2.75) is 58.2 Å². The largest absolute Gasteiger partial charge is 0.358 e. The molecule has 0 unspecified atom stereocenters. The Bertz CT molecular complexity index is 785. The minimum absolute atomic E-state index is 0.143. The molecule has 0 atom stereocenters. The Kier molecular flexibility index (Phi) is 5.55. The first-order valence-corrected chi connectivity index (χ1v) is 11.0. The Morgan fingerprint density at radius 2 is 1.67 bits per heavy atom. The quantitative estimate of drug-likeness (QED) is 0.175. The van der Waals surface area contributed by atoms with Gasteiger partial charge in [-0.25, -0.2) is 4.98 Å². The Hall–Kier alpha value is -1.20. The number of fused-ring (bicyclic) bond motifs is 1. The first kappa shape index (κ1) is 19.1. The number of hydrogen-bond donors (Lipinski definition) is 0. The molecule has 0 aliphatic carbocycles. The highest BCUT2D eigenvalue weighted by Gasteiger charge is 2.46. The minimum atomic E-state index is -1.96. The standard InChI is InChI=1S/C16H23Cl2N5Si/c1-9(2)24(10(3)4,11(5)6)23-8-7-12-13(17)14(21-22-19)15(18)20-16(12)23/h7-11H,1-6H3. The molecule has 130 valence electrons. The Labute approximate surface area is 153 Å². The molecule has 0 amide bonds. The van der Waals surface area contributed by atoms with Gasteiger partial charge in [0, 0.05) is 10.3 Å². The number of halogens is 2. The summed E-state index contributed by atoms with van der Waals surface area (Å²) in [5.41, 5.74) is 11.2. The molecule has 2 aromatic heterocycles. The van der Waals surface area contributed by atoms with Crippen LogP contribution in [-0.2, 0) is 0 Å². The topological polar surface area (TPSA) is 66.6 Å². The van der Waals surface area contributed by atoms with Crippen LogP contribution in [0.25, 0.3) is 21.5 Å². The van der Waals surface area contributed by atoms with Crippen LogP contribution in [0.1, 0.15) is 41.5 Å². The summed E-state index contributed by atoms with van der Waals surface area (Å²) in [6.45, 7) is 13.7. The number of azide groups is 1. The van der Waals surface area contributed by atoms with E-state index in [1.807, 2.05) is 6.07 Å². The molecule has 0 bridgehead atoms. The molecule has 0 fully saturated rings. The molecular formula is C16H23Cl2N5Si. The summed E-state index contributed by atoms with van der Waals surface area (Å²) in [5.74, 6) is 0. The van der Waals surface area contributed by atoms with Gasteiger partial charge in [-0.05, 0) is 34.4 Å². The Morgan fingerprint density at radius 1 is 1.12 bits per heavy atom. The van der Waals surface area contributed by atoms with Crippen molar-refractivity contribution < 1.29 is 0 Å². The van der Waals surface area contributed by atoms with Crippen molar-refractivity contribution in [1.82, 2.24) is 9.22 Å². The molecule has 0 aromatic carbocycles. The maximum absolute atomic E-state index is 8.71. The third-order valence-corrected chi connectivity index (χ3v) is 12.4. The van der Waals surface area contributed by atoms with Gasteiger partial charge in [0.2, 0.25) is 0 Å². The monoisotopic (exact) mass is 383 g/mol. The van der Waals surface area contributed by atoms with Crippen LogP contribution in [-0.4, -0.2) is 17.5 Å². The third kappa shape index (κ3) is 2.71. The molecular weight excluding hydrogens is 361 g/mol. The average Bonchev–Trinajstić information content (AvgIpc) is 2.87. The van der Waals surface area contributed by atoms with Crippen molar-refractivity contribution in [2.24, 2.45) is 5.11 Å². The van der Waals surface area contributed by atoms with Crippen LogP contribution in [0, 0.1) is 0 Å². The molecule has 2 heterocycles. The molecule has 0 aliphatic rings. The van der Waals surface area contributed by atoms with Crippen molar-refractivity contribution in [2.75, 3.05) is 0 Å². The zero-order chi connectivity index (χ0) is 18.2. The van der Waals surface area contributed by atoms with Crippen LogP contribution >= 0.6 is 23.2 Å². The lowest BCUT2D eigenvalue weighted by Gasteiger charge is -2.44. The van der Waals surface area contributed by atoms with Crippen LogP contribution < -0.4 is 0 Å². The number of pyridine rings is 1. The highest BCUT2D eigenvalue weighted by atomic mass is 35.5. The van der Waals surface area contributed by atoms with Gasteiger partial charge in [0.05, 0.1) is 10.7 Å². The lowest BCUT2D eigenvalue weighted by Crippen LogP contribution is -2.51. The third-order valence-electron chi connectivity index (χ3n) is 5.04. The molecule has 2 aromatic rings. The van der Waals surface area contributed by atoms with Crippen molar-refractivity contribution >= 4 is 48.2 Å².